The Balaban J connectivity index is 2.15. The molecule has 0 aromatic carbocycles. The highest BCUT2D eigenvalue weighted by Gasteiger charge is 2.48. The molecule has 1 fully saturated rings. The second-order valence-electron chi connectivity index (χ2n) is 10.7. The lowest BCUT2D eigenvalue weighted by Gasteiger charge is -2.46. The van der Waals surface area contributed by atoms with Crippen LogP contribution in [0.1, 0.15) is 51.9 Å². The van der Waals surface area contributed by atoms with Gasteiger partial charge in [-0.25, -0.2) is 0 Å². The van der Waals surface area contributed by atoms with E-state index in [0.29, 0.717) is 32.5 Å². The van der Waals surface area contributed by atoms with Crippen LogP contribution in [-0.4, -0.2) is 123 Å². The number of nitrogens with two attached hydrogens (primary N) is 3. The number of unbranched alkanes of at least 4 members (excludes halogenated alkanes) is 1. The van der Waals surface area contributed by atoms with Gasteiger partial charge in [0.2, 0.25) is 5.91 Å². The van der Waals surface area contributed by atoms with E-state index in [1.54, 1.807) is 14.0 Å². The van der Waals surface area contributed by atoms with Gasteiger partial charge in [-0.3, -0.25) is 4.79 Å². The molecule has 1 aliphatic carbocycles. The average Bonchev–Trinajstić information content (AvgIpc) is 2.97. The molecule has 1 saturated carbocycles. The third kappa shape index (κ3) is 12.0. The normalized spacial score (nSPS) is 28.8. The highest BCUT2D eigenvalue weighted by molar-refractivity contribution is 5.76. The smallest absolute Gasteiger partial charge is 0.220 e. The number of rotatable bonds is 20. The van der Waals surface area contributed by atoms with Crippen LogP contribution in [0, 0.1) is 0 Å². The summed E-state index contributed by atoms with van der Waals surface area (Å²) in [5.74, 6) is 0.501. The molecule has 2 rings (SSSR count). The van der Waals surface area contributed by atoms with Crippen molar-refractivity contribution in [2.75, 3.05) is 46.4 Å². The molecule has 2 aliphatic rings. The van der Waals surface area contributed by atoms with Crippen molar-refractivity contribution in [3.8, 4) is 0 Å². The van der Waals surface area contributed by atoms with Gasteiger partial charge in [0.25, 0.3) is 0 Å². The number of ether oxygens (including phenoxy) is 4. The Morgan fingerprint density at radius 2 is 1.98 bits per heavy atom. The van der Waals surface area contributed by atoms with E-state index in [9.17, 15) is 20.1 Å². The average molecular weight is 591 g/mol. The zero-order valence-electron chi connectivity index (χ0n) is 24.6. The van der Waals surface area contributed by atoms with Crippen LogP contribution in [0.4, 0.5) is 0 Å². The van der Waals surface area contributed by atoms with Gasteiger partial charge in [0.1, 0.15) is 30.2 Å². The SMILES string of the molecule is CN[C@@H](C)[C@@H](O)[C@H](OCCO)O[C@@H]1[C@@H](O)[C@H](O[C@@H]2CCC=C(CNCCCCN)O2)[C@@H](N)C[C@H]1NC(=O)CCCN. The summed E-state index contributed by atoms with van der Waals surface area (Å²) in [7, 11) is 1.68. The summed E-state index contributed by atoms with van der Waals surface area (Å²) < 4.78 is 24.0. The van der Waals surface area contributed by atoms with Crippen LogP contribution in [0.25, 0.3) is 0 Å². The molecule has 1 amide bonds. The van der Waals surface area contributed by atoms with Crippen LogP contribution in [0.15, 0.2) is 11.8 Å². The van der Waals surface area contributed by atoms with Crippen LogP contribution < -0.4 is 33.2 Å². The van der Waals surface area contributed by atoms with Crippen molar-refractivity contribution in [1.82, 2.24) is 16.0 Å². The number of amides is 1. The van der Waals surface area contributed by atoms with Crippen molar-refractivity contribution in [2.45, 2.75) is 107 Å². The number of carbonyl (C=O) groups excluding carboxylic acids is 1. The number of aliphatic hydroxyl groups excluding tert-OH is 3. The molecule has 41 heavy (non-hydrogen) atoms. The molecule has 240 valence electrons. The van der Waals surface area contributed by atoms with E-state index in [-0.39, 0.29) is 32.0 Å². The summed E-state index contributed by atoms with van der Waals surface area (Å²) in [6.45, 7) is 3.75. The Kier molecular flexibility index (Phi) is 17.2. The van der Waals surface area contributed by atoms with E-state index in [1.165, 1.54) is 0 Å². The van der Waals surface area contributed by atoms with Crippen LogP contribution in [-0.2, 0) is 23.7 Å². The Bertz CT molecular complexity index is 765. The Morgan fingerprint density at radius 3 is 2.66 bits per heavy atom. The number of allylic oxidation sites excluding steroid dienone is 1. The molecule has 0 radical (unpaired) electrons. The third-order valence-electron chi connectivity index (χ3n) is 7.36. The molecular formula is C27H54N6O8. The highest BCUT2D eigenvalue weighted by Crippen LogP contribution is 2.30. The lowest BCUT2D eigenvalue weighted by molar-refractivity contribution is -0.271. The first-order chi connectivity index (χ1) is 19.7. The molecule has 1 aliphatic heterocycles. The molecule has 1 heterocycles. The number of likely N-dealkylation sites (N-methyl/N-ethyl adjacent to an activating group) is 1. The van der Waals surface area contributed by atoms with Crippen LogP contribution in [0.3, 0.4) is 0 Å². The third-order valence-corrected chi connectivity index (χ3v) is 7.36. The van der Waals surface area contributed by atoms with Gasteiger partial charge in [-0.2, -0.15) is 0 Å². The minimum Gasteiger partial charge on any atom is -0.468 e. The van der Waals surface area contributed by atoms with Gasteiger partial charge in [-0.15, -0.1) is 0 Å². The van der Waals surface area contributed by atoms with Crippen molar-refractivity contribution in [1.29, 1.82) is 0 Å². The summed E-state index contributed by atoms with van der Waals surface area (Å²) in [5.41, 5.74) is 17.6. The van der Waals surface area contributed by atoms with Crippen LogP contribution in [0.5, 0.6) is 0 Å². The van der Waals surface area contributed by atoms with Crippen molar-refractivity contribution >= 4 is 5.91 Å². The Hall–Kier alpha value is -1.43. The fourth-order valence-electron chi connectivity index (χ4n) is 4.87. The minimum atomic E-state index is -1.29. The number of carbonyl (C=O) groups is 1. The van der Waals surface area contributed by atoms with Crippen molar-refractivity contribution < 1.29 is 39.1 Å². The van der Waals surface area contributed by atoms with Gasteiger partial charge in [-0.1, -0.05) is 0 Å². The van der Waals surface area contributed by atoms with E-state index < -0.39 is 55.1 Å². The lowest BCUT2D eigenvalue weighted by Crippen LogP contribution is -2.66. The topological polar surface area (TPSA) is 229 Å². The predicted molar refractivity (Wildman–Crippen MR) is 153 cm³/mol. The molecule has 0 spiro atoms. The maximum absolute atomic E-state index is 12.6. The van der Waals surface area contributed by atoms with Gasteiger partial charge < -0.3 is 67.4 Å². The molecule has 0 bridgehead atoms. The Labute approximate surface area is 243 Å². The van der Waals surface area contributed by atoms with E-state index in [4.69, 9.17) is 36.1 Å². The first-order valence-electron chi connectivity index (χ1n) is 14.8. The largest absolute Gasteiger partial charge is 0.468 e. The molecule has 0 saturated heterocycles. The summed E-state index contributed by atoms with van der Waals surface area (Å²) >= 11 is 0. The first-order valence-corrected chi connectivity index (χ1v) is 14.8. The fraction of sp³-hybridized carbons (Fsp3) is 0.889. The molecule has 0 aromatic heterocycles. The molecule has 0 unspecified atom stereocenters. The quantitative estimate of drug-likeness (QED) is 0.0538. The molecule has 12 N–H and O–H groups in total. The van der Waals surface area contributed by atoms with Gasteiger partial charge in [0, 0.05) is 24.9 Å². The summed E-state index contributed by atoms with van der Waals surface area (Å²) in [4.78, 5) is 12.6. The number of nitrogens with one attached hydrogen (secondary N) is 3. The molecule has 0 aromatic rings. The maximum atomic E-state index is 12.6. The van der Waals surface area contributed by atoms with Gasteiger partial charge in [0.05, 0.1) is 25.8 Å². The van der Waals surface area contributed by atoms with Crippen molar-refractivity contribution in [3.63, 3.8) is 0 Å². The summed E-state index contributed by atoms with van der Waals surface area (Å²) in [6.07, 6.45) is 0.0250. The highest BCUT2D eigenvalue weighted by atomic mass is 16.7. The van der Waals surface area contributed by atoms with Crippen molar-refractivity contribution in [3.05, 3.63) is 11.8 Å². The van der Waals surface area contributed by atoms with Crippen LogP contribution in [0.2, 0.25) is 0 Å². The maximum Gasteiger partial charge on any atom is 0.220 e. The van der Waals surface area contributed by atoms with E-state index >= 15 is 0 Å². The molecule has 14 nitrogen and oxygen atoms in total. The number of hydrogen-bond acceptors (Lipinski definition) is 13. The molecule has 14 heteroatoms. The summed E-state index contributed by atoms with van der Waals surface area (Å²) in [5, 5.41) is 40.9. The standard InChI is InChI=1S/C27H54N6O8/c1-17(31-2)23(36)27(38-14-13-34)41-26-20(33-21(35)8-6-11-29)15-19(30)25(24(26)37)40-22-9-5-7-18(39-22)16-32-12-4-3-10-28/h7,17,19-20,22-27,31-32,34,36-37H,3-6,8-16,28-30H2,1-2H3,(H,33,35)/t17-,19-,20+,22+,23+,24-,25+,26-,27+/m0/s1. The van der Waals surface area contributed by atoms with Gasteiger partial charge >= 0.3 is 0 Å². The first kappa shape index (κ1) is 35.8. The zero-order valence-corrected chi connectivity index (χ0v) is 24.6. The van der Waals surface area contributed by atoms with E-state index in [2.05, 4.69) is 16.0 Å². The number of aliphatic hydroxyl groups is 3. The Morgan fingerprint density at radius 1 is 1.22 bits per heavy atom. The second kappa shape index (κ2) is 19.7. The van der Waals surface area contributed by atoms with Crippen molar-refractivity contribution in [2.24, 2.45) is 17.2 Å². The zero-order chi connectivity index (χ0) is 30.2. The van der Waals surface area contributed by atoms with Crippen LogP contribution >= 0.6 is 0 Å². The predicted octanol–water partition coefficient (Wildman–Crippen LogP) is -2.27. The van der Waals surface area contributed by atoms with Gasteiger partial charge in [0.15, 0.2) is 12.6 Å². The molecular weight excluding hydrogens is 536 g/mol. The van der Waals surface area contributed by atoms with Gasteiger partial charge in [-0.05, 0) is 71.8 Å². The monoisotopic (exact) mass is 590 g/mol. The number of hydrogen-bond donors (Lipinski definition) is 9. The summed E-state index contributed by atoms with van der Waals surface area (Å²) in [6, 6.07) is -1.77. The fourth-order valence-corrected chi connectivity index (χ4v) is 4.87. The lowest BCUT2D eigenvalue weighted by atomic mass is 9.83. The van der Waals surface area contributed by atoms with E-state index in [0.717, 1.165) is 31.6 Å². The second-order valence-corrected chi connectivity index (χ2v) is 10.7. The minimum absolute atomic E-state index is 0.0980. The van der Waals surface area contributed by atoms with E-state index in [1.807, 2.05) is 6.08 Å². The molecule has 9 atom stereocenters.